The van der Waals surface area contributed by atoms with Crippen LogP contribution in [0.15, 0.2) is 48.8 Å². The summed E-state index contributed by atoms with van der Waals surface area (Å²) in [5, 5.41) is 9.79. The molecule has 0 bridgehead atoms. The molecular weight excluding hydrogens is 398 g/mol. The summed E-state index contributed by atoms with van der Waals surface area (Å²) >= 11 is 0. The summed E-state index contributed by atoms with van der Waals surface area (Å²) in [5.74, 6) is -1.09. The number of halogens is 3. The second-order valence-electron chi connectivity index (χ2n) is 6.35. The molecule has 6 nitrogen and oxygen atoms in total. The van der Waals surface area contributed by atoms with E-state index < -0.39 is 12.3 Å². The summed E-state index contributed by atoms with van der Waals surface area (Å²) in [6.07, 6.45) is -0.0626. The molecule has 0 spiro atoms. The van der Waals surface area contributed by atoms with Crippen molar-refractivity contribution in [3.63, 3.8) is 0 Å². The molecule has 1 fully saturated rings. The second kappa shape index (κ2) is 8.17. The fourth-order valence-electron chi connectivity index (χ4n) is 3.04. The first kappa shape index (κ1) is 21.4. The van der Waals surface area contributed by atoms with Gasteiger partial charge in [0.1, 0.15) is 17.3 Å². The quantitative estimate of drug-likeness (QED) is 0.644. The van der Waals surface area contributed by atoms with Crippen LogP contribution in [0.25, 0.3) is 22.6 Å². The zero-order valence-electron chi connectivity index (χ0n) is 16.3. The number of carbonyl (C=O) groups is 1. The van der Waals surface area contributed by atoms with Crippen molar-refractivity contribution in [2.45, 2.75) is 25.2 Å². The molecule has 3 aromatic rings. The van der Waals surface area contributed by atoms with Gasteiger partial charge in [-0.2, -0.15) is 0 Å². The van der Waals surface area contributed by atoms with Gasteiger partial charge in [-0.25, -0.2) is 9.78 Å². The first-order chi connectivity index (χ1) is 13.3. The van der Waals surface area contributed by atoms with Crippen molar-refractivity contribution >= 4 is 5.97 Å². The SMILES string of the molecule is O=C(O)c1c(-c2cccnc2)nc(-c2ccc(OC(F)(F)F)cc2)n1C1CC1.[H-].[Na+]. The molecule has 0 atom stereocenters. The van der Waals surface area contributed by atoms with Gasteiger partial charge >= 0.3 is 41.9 Å². The Balaban J connectivity index is 0.00000160. The van der Waals surface area contributed by atoms with Crippen molar-refractivity contribution in [3.05, 3.63) is 54.5 Å². The van der Waals surface area contributed by atoms with E-state index in [2.05, 4.69) is 14.7 Å². The van der Waals surface area contributed by atoms with Gasteiger partial charge in [0.05, 0.1) is 0 Å². The Bertz CT molecular complexity index is 1020. The first-order valence-electron chi connectivity index (χ1n) is 8.45. The van der Waals surface area contributed by atoms with Crippen LogP contribution in [-0.2, 0) is 0 Å². The number of ether oxygens (including phenoxy) is 1. The summed E-state index contributed by atoms with van der Waals surface area (Å²) < 4.78 is 42.6. The van der Waals surface area contributed by atoms with Gasteiger partial charge in [0, 0.05) is 29.6 Å². The summed E-state index contributed by atoms with van der Waals surface area (Å²) in [6.45, 7) is 0. The molecular formula is C19H15F3N3NaO3. The molecule has 2 aromatic heterocycles. The van der Waals surface area contributed by atoms with E-state index >= 15 is 0 Å². The maximum Gasteiger partial charge on any atom is 1.00 e. The number of nitrogens with zero attached hydrogens (tertiary/aromatic N) is 3. The fourth-order valence-corrected chi connectivity index (χ4v) is 3.04. The minimum atomic E-state index is -4.78. The molecule has 10 heteroatoms. The molecule has 0 unspecified atom stereocenters. The van der Waals surface area contributed by atoms with Crippen LogP contribution < -0.4 is 34.3 Å². The van der Waals surface area contributed by atoms with E-state index in [1.54, 1.807) is 22.9 Å². The van der Waals surface area contributed by atoms with Crippen molar-refractivity contribution in [1.29, 1.82) is 0 Å². The van der Waals surface area contributed by atoms with Crippen LogP contribution in [0.2, 0.25) is 0 Å². The standard InChI is InChI=1S/C19H14F3N3O3.Na.H/c20-19(21,22)28-14-7-3-11(4-8-14)17-24-15(12-2-1-9-23-10-12)16(18(26)27)25(17)13-5-6-13;;/h1-4,7-10,13H,5-6H2,(H,26,27);;/q;+1;-1. The van der Waals surface area contributed by atoms with Crippen LogP contribution >= 0.6 is 0 Å². The number of aromatic nitrogens is 3. The number of rotatable bonds is 5. The third kappa shape index (κ3) is 4.63. The Morgan fingerprint density at radius 1 is 1.17 bits per heavy atom. The molecule has 1 N–H and O–H groups in total. The van der Waals surface area contributed by atoms with Gasteiger partial charge in [-0.1, -0.05) is 0 Å². The minimum Gasteiger partial charge on any atom is -1.00 e. The normalized spacial score (nSPS) is 13.6. The van der Waals surface area contributed by atoms with Gasteiger partial charge in [-0.05, 0) is 49.2 Å². The summed E-state index contributed by atoms with van der Waals surface area (Å²) in [6, 6.07) is 8.60. The van der Waals surface area contributed by atoms with Crippen molar-refractivity contribution in [2.24, 2.45) is 0 Å². The first-order valence-corrected chi connectivity index (χ1v) is 8.45. The molecule has 4 rings (SSSR count). The van der Waals surface area contributed by atoms with E-state index in [4.69, 9.17) is 0 Å². The van der Waals surface area contributed by atoms with Gasteiger partial charge in [0.25, 0.3) is 0 Å². The van der Waals surface area contributed by atoms with Gasteiger partial charge < -0.3 is 15.8 Å². The molecule has 2 heterocycles. The molecule has 1 saturated carbocycles. The number of benzene rings is 1. The number of aromatic carboxylic acids is 1. The van der Waals surface area contributed by atoms with Crippen LogP contribution in [0.3, 0.4) is 0 Å². The van der Waals surface area contributed by atoms with E-state index in [0.29, 0.717) is 17.0 Å². The minimum absolute atomic E-state index is 0. The molecule has 0 amide bonds. The van der Waals surface area contributed by atoms with Gasteiger partial charge in [-0.3, -0.25) is 4.98 Å². The third-order valence-electron chi connectivity index (χ3n) is 4.31. The van der Waals surface area contributed by atoms with Gasteiger partial charge in [0.15, 0.2) is 5.69 Å². The van der Waals surface area contributed by atoms with E-state index in [1.807, 2.05) is 0 Å². The van der Waals surface area contributed by atoms with Crippen molar-refractivity contribution in [2.75, 3.05) is 0 Å². The van der Waals surface area contributed by atoms with Gasteiger partial charge in [-0.15, -0.1) is 13.2 Å². The Kier molecular flexibility index (Phi) is 6.02. The predicted molar refractivity (Wildman–Crippen MR) is 93.9 cm³/mol. The zero-order chi connectivity index (χ0) is 19.9. The van der Waals surface area contributed by atoms with E-state index in [9.17, 15) is 23.1 Å². The smallest absolute Gasteiger partial charge is 1.00 e. The zero-order valence-corrected chi connectivity index (χ0v) is 17.3. The van der Waals surface area contributed by atoms with E-state index in [-0.39, 0.29) is 54.2 Å². The molecule has 1 aromatic carbocycles. The largest absolute Gasteiger partial charge is 1.00 e. The topological polar surface area (TPSA) is 77.2 Å². The summed E-state index contributed by atoms with van der Waals surface area (Å²) in [4.78, 5) is 20.5. The number of carboxylic acids is 1. The number of hydrogen-bond acceptors (Lipinski definition) is 4. The average molecular weight is 413 g/mol. The molecule has 29 heavy (non-hydrogen) atoms. The Labute approximate surface area is 187 Å². The van der Waals surface area contributed by atoms with Gasteiger partial charge in [0.2, 0.25) is 0 Å². The molecule has 0 saturated heterocycles. The number of alkyl halides is 3. The monoisotopic (exact) mass is 413 g/mol. The summed E-state index contributed by atoms with van der Waals surface area (Å²) in [7, 11) is 0. The second-order valence-corrected chi connectivity index (χ2v) is 6.35. The molecule has 0 aliphatic heterocycles. The molecule has 1 aliphatic rings. The maximum absolute atomic E-state index is 12.4. The van der Waals surface area contributed by atoms with Crippen LogP contribution in [-0.4, -0.2) is 32.0 Å². The number of carboxylic acid groups (broad SMARTS) is 1. The average Bonchev–Trinajstić information content (AvgIpc) is 3.41. The maximum atomic E-state index is 12.4. The Hall–Kier alpha value is -2.36. The number of imidazole rings is 1. The Morgan fingerprint density at radius 2 is 1.86 bits per heavy atom. The van der Waals surface area contributed by atoms with Crippen molar-refractivity contribution in [3.8, 4) is 28.4 Å². The van der Waals surface area contributed by atoms with E-state index in [0.717, 1.165) is 12.8 Å². The third-order valence-corrected chi connectivity index (χ3v) is 4.31. The number of pyridine rings is 1. The van der Waals surface area contributed by atoms with Crippen LogP contribution in [0.5, 0.6) is 5.75 Å². The fraction of sp³-hybridized carbons (Fsp3) is 0.211. The number of hydrogen-bond donors (Lipinski definition) is 1. The predicted octanol–water partition coefficient (Wildman–Crippen LogP) is 1.66. The molecule has 0 radical (unpaired) electrons. The van der Waals surface area contributed by atoms with Crippen LogP contribution in [0.1, 0.15) is 30.8 Å². The van der Waals surface area contributed by atoms with Crippen LogP contribution in [0, 0.1) is 0 Å². The van der Waals surface area contributed by atoms with Crippen molar-refractivity contribution < 1.29 is 58.8 Å². The Morgan fingerprint density at radius 3 is 2.38 bits per heavy atom. The van der Waals surface area contributed by atoms with E-state index in [1.165, 1.54) is 30.5 Å². The van der Waals surface area contributed by atoms with Crippen LogP contribution in [0.4, 0.5) is 13.2 Å². The summed E-state index contributed by atoms with van der Waals surface area (Å²) in [5.41, 5.74) is 1.37. The molecule has 1 aliphatic carbocycles. The van der Waals surface area contributed by atoms with Crippen molar-refractivity contribution in [1.82, 2.24) is 14.5 Å². The molecule has 146 valence electrons.